The molecule has 2 fully saturated rings. The number of H-pyrrole nitrogens is 1. The summed E-state index contributed by atoms with van der Waals surface area (Å²) in [4.78, 5) is 23.8. The van der Waals surface area contributed by atoms with Crippen LogP contribution in [-0.2, 0) is 0 Å². The lowest BCUT2D eigenvalue weighted by molar-refractivity contribution is 0.435. The number of aromatic amines is 1. The molecule has 0 amide bonds. The minimum Gasteiger partial charge on any atom is -0.421 e. The standard InChI is InChI=1S/C24H27FN8O/c1-11(2)21-28-8-15(9-29-21)34-24-31-22-19(16-5-13(25)6-18(27-3)20(16)30-22)23(32-24)33-10-12-4-14(33)7-17(12)26/h5-6,8-9,11-12,14,17,27H,4,7,10,26H2,1-3H3,(H,30,31,32)/t12-,14-,17?/m1/s1. The number of nitrogens with one attached hydrogen (secondary N) is 2. The number of fused-ring (bicyclic) bond motifs is 5. The summed E-state index contributed by atoms with van der Waals surface area (Å²) in [6.07, 6.45) is 5.21. The van der Waals surface area contributed by atoms with E-state index in [9.17, 15) is 4.39 Å². The van der Waals surface area contributed by atoms with E-state index in [-0.39, 0.29) is 23.8 Å². The van der Waals surface area contributed by atoms with Gasteiger partial charge in [0.15, 0.2) is 5.75 Å². The molecule has 1 aliphatic heterocycles. The Morgan fingerprint density at radius 2 is 2.00 bits per heavy atom. The second-order valence-corrected chi connectivity index (χ2v) is 9.54. The maximum absolute atomic E-state index is 14.5. The number of nitrogens with zero attached hydrogens (tertiary/aromatic N) is 5. The van der Waals surface area contributed by atoms with Gasteiger partial charge in [-0.2, -0.15) is 9.97 Å². The fraction of sp³-hybridized carbons (Fsp3) is 0.417. The Morgan fingerprint density at radius 1 is 1.21 bits per heavy atom. The van der Waals surface area contributed by atoms with Crippen LogP contribution in [0.2, 0.25) is 0 Å². The van der Waals surface area contributed by atoms with E-state index in [0.717, 1.165) is 47.3 Å². The van der Waals surface area contributed by atoms with Gasteiger partial charge in [-0.1, -0.05) is 13.8 Å². The molecular formula is C24H27FN8O. The summed E-state index contributed by atoms with van der Waals surface area (Å²) >= 11 is 0. The van der Waals surface area contributed by atoms with Gasteiger partial charge >= 0.3 is 6.01 Å². The van der Waals surface area contributed by atoms with E-state index in [1.807, 2.05) is 13.8 Å². The summed E-state index contributed by atoms with van der Waals surface area (Å²) in [6, 6.07) is 3.69. The van der Waals surface area contributed by atoms with Crippen molar-refractivity contribution >= 4 is 33.4 Å². The Labute approximate surface area is 196 Å². The van der Waals surface area contributed by atoms with Crippen LogP contribution in [0.4, 0.5) is 15.9 Å². The lowest BCUT2D eigenvalue weighted by atomic mass is 10.0. The second kappa shape index (κ2) is 7.76. The van der Waals surface area contributed by atoms with Crippen LogP contribution in [-0.4, -0.2) is 50.6 Å². The molecular weight excluding hydrogens is 435 g/mol. The van der Waals surface area contributed by atoms with Gasteiger partial charge in [-0.15, -0.1) is 0 Å². The van der Waals surface area contributed by atoms with E-state index in [1.54, 1.807) is 19.4 Å². The van der Waals surface area contributed by atoms with Gasteiger partial charge in [0.1, 0.15) is 23.1 Å². The molecule has 4 N–H and O–H groups in total. The zero-order valence-corrected chi connectivity index (χ0v) is 19.3. The largest absolute Gasteiger partial charge is 0.421 e. The van der Waals surface area contributed by atoms with Crippen molar-refractivity contribution in [1.29, 1.82) is 0 Å². The molecule has 2 bridgehead atoms. The topological polar surface area (TPSA) is 118 Å². The first-order chi connectivity index (χ1) is 16.4. The van der Waals surface area contributed by atoms with Gasteiger partial charge in [-0.3, -0.25) is 0 Å². The van der Waals surface area contributed by atoms with Crippen LogP contribution in [0.15, 0.2) is 24.5 Å². The number of piperidine rings is 1. The molecule has 176 valence electrons. The molecule has 2 aliphatic rings. The maximum atomic E-state index is 14.5. The van der Waals surface area contributed by atoms with Crippen molar-refractivity contribution in [2.45, 2.75) is 44.7 Å². The molecule has 6 rings (SSSR count). The summed E-state index contributed by atoms with van der Waals surface area (Å²) in [7, 11) is 1.77. The first kappa shape index (κ1) is 21.0. The molecule has 4 heterocycles. The fourth-order valence-corrected chi connectivity index (χ4v) is 5.31. The maximum Gasteiger partial charge on any atom is 0.326 e. The first-order valence-electron chi connectivity index (χ1n) is 11.6. The summed E-state index contributed by atoms with van der Waals surface area (Å²) in [6.45, 7) is 4.88. The first-order valence-corrected chi connectivity index (χ1v) is 11.6. The molecule has 0 radical (unpaired) electrons. The third-order valence-electron chi connectivity index (χ3n) is 7.00. The van der Waals surface area contributed by atoms with Gasteiger partial charge in [0.25, 0.3) is 0 Å². The number of hydrogen-bond acceptors (Lipinski definition) is 8. The van der Waals surface area contributed by atoms with Crippen molar-refractivity contribution in [2.24, 2.45) is 11.7 Å². The van der Waals surface area contributed by atoms with E-state index >= 15 is 0 Å². The third-order valence-corrected chi connectivity index (χ3v) is 7.00. The zero-order valence-electron chi connectivity index (χ0n) is 19.3. The van der Waals surface area contributed by atoms with Gasteiger partial charge in [-0.25, -0.2) is 14.4 Å². The zero-order chi connectivity index (χ0) is 23.6. The van der Waals surface area contributed by atoms with Gasteiger partial charge in [-0.05, 0) is 30.9 Å². The van der Waals surface area contributed by atoms with E-state index < -0.39 is 0 Å². The number of ether oxygens (including phenoxy) is 1. The number of anilines is 2. The predicted molar refractivity (Wildman–Crippen MR) is 129 cm³/mol. The number of benzene rings is 1. The van der Waals surface area contributed by atoms with Crippen LogP contribution in [0.25, 0.3) is 21.9 Å². The van der Waals surface area contributed by atoms with Crippen molar-refractivity contribution < 1.29 is 9.13 Å². The Morgan fingerprint density at radius 3 is 2.65 bits per heavy atom. The van der Waals surface area contributed by atoms with Crippen LogP contribution in [0.5, 0.6) is 11.8 Å². The van der Waals surface area contributed by atoms with Crippen LogP contribution in [0.3, 0.4) is 0 Å². The molecule has 1 saturated heterocycles. The van der Waals surface area contributed by atoms with Crippen LogP contribution >= 0.6 is 0 Å². The van der Waals surface area contributed by atoms with Crippen molar-refractivity contribution in [3.63, 3.8) is 0 Å². The average Bonchev–Trinajstić information content (AvgIpc) is 3.50. The quantitative estimate of drug-likeness (QED) is 0.408. The number of rotatable bonds is 5. The summed E-state index contributed by atoms with van der Waals surface area (Å²) in [5, 5.41) is 4.58. The third kappa shape index (κ3) is 3.32. The Balaban J connectivity index is 1.50. The van der Waals surface area contributed by atoms with E-state index in [4.69, 9.17) is 15.5 Å². The molecule has 1 saturated carbocycles. The number of nitrogens with two attached hydrogens (primary N) is 1. The SMILES string of the molecule is CNc1cc(F)cc2c1[nH]c1nc(Oc3cnc(C(C)C)nc3)nc(N3C[C@H]4C[C@@H]3CC4N)c12. The average molecular weight is 463 g/mol. The van der Waals surface area contributed by atoms with Gasteiger partial charge < -0.3 is 25.7 Å². The minimum atomic E-state index is -0.323. The van der Waals surface area contributed by atoms with Gasteiger partial charge in [0.2, 0.25) is 0 Å². The van der Waals surface area contributed by atoms with Crippen LogP contribution in [0.1, 0.15) is 38.4 Å². The van der Waals surface area contributed by atoms with Crippen molar-refractivity contribution in [2.75, 3.05) is 23.8 Å². The lowest BCUT2D eigenvalue weighted by Crippen LogP contribution is -2.41. The molecule has 0 spiro atoms. The highest BCUT2D eigenvalue weighted by Gasteiger charge is 2.44. The van der Waals surface area contributed by atoms with E-state index in [0.29, 0.717) is 29.0 Å². The van der Waals surface area contributed by atoms with Gasteiger partial charge in [0, 0.05) is 37.0 Å². The van der Waals surface area contributed by atoms with Crippen molar-refractivity contribution in [3.8, 4) is 11.8 Å². The molecule has 1 unspecified atom stereocenters. The highest BCUT2D eigenvalue weighted by atomic mass is 19.1. The molecule has 10 heteroatoms. The molecule has 34 heavy (non-hydrogen) atoms. The monoisotopic (exact) mass is 462 g/mol. The Hall–Kier alpha value is -3.53. The smallest absolute Gasteiger partial charge is 0.326 e. The summed E-state index contributed by atoms with van der Waals surface area (Å²) < 4.78 is 20.5. The van der Waals surface area contributed by atoms with Crippen LogP contribution in [0, 0.1) is 11.7 Å². The van der Waals surface area contributed by atoms with Crippen molar-refractivity contribution in [1.82, 2.24) is 24.9 Å². The lowest BCUT2D eigenvalue weighted by Gasteiger charge is -2.31. The Kier molecular flexibility index (Phi) is 4.80. The van der Waals surface area contributed by atoms with Gasteiger partial charge in [0.05, 0.1) is 29.0 Å². The highest BCUT2D eigenvalue weighted by molar-refractivity contribution is 6.14. The van der Waals surface area contributed by atoms with E-state index in [1.165, 1.54) is 12.1 Å². The van der Waals surface area contributed by atoms with Crippen molar-refractivity contribution in [3.05, 3.63) is 36.2 Å². The highest BCUT2D eigenvalue weighted by Crippen LogP contribution is 2.44. The molecule has 1 aliphatic carbocycles. The number of halogens is 1. The normalized spacial score (nSPS) is 21.8. The predicted octanol–water partition coefficient (Wildman–Crippen LogP) is 3.92. The minimum absolute atomic E-state index is 0.188. The molecule has 3 atom stereocenters. The number of aromatic nitrogens is 5. The number of hydrogen-bond donors (Lipinski definition) is 3. The molecule has 1 aromatic carbocycles. The molecule has 3 aromatic heterocycles. The molecule has 4 aromatic rings. The van der Waals surface area contributed by atoms with Crippen LogP contribution < -0.4 is 20.7 Å². The second-order valence-electron chi connectivity index (χ2n) is 9.54. The summed E-state index contributed by atoms with van der Waals surface area (Å²) in [5.41, 5.74) is 8.32. The fourth-order valence-electron chi connectivity index (χ4n) is 5.31. The molecule has 9 nitrogen and oxygen atoms in total. The summed E-state index contributed by atoms with van der Waals surface area (Å²) in [5.74, 6) is 2.25. The Bertz CT molecular complexity index is 1380. The van der Waals surface area contributed by atoms with E-state index in [2.05, 4.69) is 30.2 Å².